The summed E-state index contributed by atoms with van der Waals surface area (Å²) in [6.45, 7) is 5.10. The van der Waals surface area contributed by atoms with Crippen LogP contribution in [0.3, 0.4) is 0 Å². The predicted molar refractivity (Wildman–Crippen MR) is 135 cm³/mol. The first-order chi connectivity index (χ1) is 16.9. The third kappa shape index (κ3) is 4.01. The molecule has 1 saturated heterocycles. The van der Waals surface area contributed by atoms with Gasteiger partial charge in [0, 0.05) is 32.4 Å². The highest BCUT2D eigenvalue weighted by atomic mass is 19.1. The van der Waals surface area contributed by atoms with Gasteiger partial charge in [-0.25, -0.2) is 19.3 Å². The van der Waals surface area contributed by atoms with Crippen LogP contribution in [0.5, 0.6) is 0 Å². The van der Waals surface area contributed by atoms with Gasteiger partial charge in [-0.05, 0) is 56.5 Å². The van der Waals surface area contributed by atoms with E-state index < -0.39 is 11.7 Å². The smallest absolute Gasteiger partial charge is 0.274 e. The van der Waals surface area contributed by atoms with Crippen LogP contribution in [0.25, 0.3) is 22.4 Å². The number of aryl methyl sites for hydroxylation is 3. The molecule has 2 aromatic heterocycles. The molecule has 1 aliphatic heterocycles. The molecule has 2 aromatic carbocycles. The number of carbonyl (C=O) groups excluding carboxylic acids is 1. The third-order valence-electron chi connectivity index (χ3n) is 6.77. The van der Waals surface area contributed by atoms with E-state index in [4.69, 9.17) is 10.7 Å². The van der Waals surface area contributed by atoms with Gasteiger partial charge in [0.05, 0.1) is 22.5 Å². The zero-order valence-corrected chi connectivity index (χ0v) is 20.0. The Hall–Kier alpha value is -3.85. The van der Waals surface area contributed by atoms with Crippen LogP contribution < -0.4 is 16.0 Å². The average molecular weight is 474 g/mol. The summed E-state index contributed by atoms with van der Waals surface area (Å²) in [6.07, 6.45) is 3.48. The van der Waals surface area contributed by atoms with Crippen LogP contribution in [0.1, 0.15) is 34.7 Å². The Balaban J connectivity index is 1.55. The molecule has 180 valence electrons. The maximum absolute atomic E-state index is 14.5. The van der Waals surface area contributed by atoms with Gasteiger partial charge in [-0.2, -0.15) is 0 Å². The largest absolute Gasteiger partial charge is 0.364 e. The van der Waals surface area contributed by atoms with E-state index in [9.17, 15) is 9.18 Å². The number of hydrogen-bond donors (Lipinski definition) is 2. The zero-order valence-electron chi connectivity index (χ0n) is 20.0. The molecule has 1 amide bonds. The summed E-state index contributed by atoms with van der Waals surface area (Å²) in [4.78, 5) is 29.0. The summed E-state index contributed by atoms with van der Waals surface area (Å²) >= 11 is 0. The quantitative estimate of drug-likeness (QED) is 0.455. The van der Waals surface area contributed by atoms with Gasteiger partial charge in [-0.3, -0.25) is 4.79 Å². The molecule has 5 rings (SSSR count). The Morgan fingerprint density at radius 1 is 1.20 bits per heavy atom. The Bertz CT molecular complexity index is 1410. The second kappa shape index (κ2) is 9.07. The lowest BCUT2D eigenvalue weighted by Gasteiger charge is -2.28. The fourth-order valence-electron chi connectivity index (χ4n) is 4.83. The minimum atomic E-state index is -0.428. The van der Waals surface area contributed by atoms with Crippen molar-refractivity contribution in [2.24, 2.45) is 12.8 Å². The molecule has 0 radical (unpaired) electrons. The van der Waals surface area contributed by atoms with Gasteiger partial charge < -0.3 is 20.5 Å². The second-order valence-corrected chi connectivity index (χ2v) is 8.92. The van der Waals surface area contributed by atoms with E-state index in [2.05, 4.69) is 20.2 Å². The average Bonchev–Trinajstić information content (AvgIpc) is 3.43. The first-order valence-corrected chi connectivity index (χ1v) is 11.7. The number of nitrogens with zero attached hydrogens (tertiary/aromatic N) is 5. The normalized spacial score (nSPS) is 15.7. The summed E-state index contributed by atoms with van der Waals surface area (Å²) in [7, 11) is 1.98. The van der Waals surface area contributed by atoms with Crippen molar-refractivity contribution in [2.75, 3.05) is 23.3 Å². The Morgan fingerprint density at radius 3 is 2.80 bits per heavy atom. The predicted octanol–water partition coefficient (Wildman–Crippen LogP) is 3.97. The monoisotopic (exact) mass is 473 g/mol. The fraction of sp³-hybridized carbons (Fsp3) is 0.308. The highest BCUT2D eigenvalue weighted by molar-refractivity contribution is 6.08. The number of anilines is 2. The van der Waals surface area contributed by atoms with Crippen molar-refractivity contribution < 1.29 is 9.18 Å². The number of amides is 1. The van der Waals surface area contributed by atoms with Gasteiger partial charge in [0.2, 0.25) is 0 Å². The van der Waals surface area contributed by atoms with Crippen molar-refractivity contribution in [1.29, 1.82) is 0 Å². The van der Waals surface area contributed by atoms with Gasteiger partial charge in [-0.1, -0.05) is 12.1 Å². The number of halogens is 1. The van der Waals surface area contributed by atoms with Crippen molar-refractivity contribution in [2.45, 2.75) is 32.7 Å². The van der Waals surface area contributed by atoms with E-state index >= 15 is 0 Å². The summed E-state index contributed by atoms with van der Waals surface area (Å²) in [6, 6.07) is 10.3. The molecule has 0 spiro atoms. The number of nitrogens with one attached hydrogen (secondary N) is 1. The van der Waals surface area contributed by atoms with Gasteiger partial charge in [0.15, 0.2) is 5.82 Å². The molecular formula is C26H28FN7O. The Labute approximate surface area is 203 Å². The maximum Gasteiger partial charge on any atom is 0.274 e. The molecule has 9 heteroatoms. The fourth-order valence-corrected chi connectivity index (χ4v) is 4.83. The molecule has 0 unspecified atom stereocenters. The van der Waals surface area contributed by atoms with Crippen molar-refractivity contribution in [1.82, 2.24) is 19.5 Å². The lowest BCUT2D eigenvalue weighted by Crippen LogP contribution is -2.36. The number of imidazole rings is 1. The van der Waals surface area contributed by atoms with E-state index in [1.54, 1.807) is 19.1 Å². The SMILES string of the molecule is Cc1cccc(F)c1-c1nccc(C(=O)Nc2ccc3c(nc(C)n3C)c2N2CCC[C@H]2CN)n1. The molecule has 0 saturated carbocycles. The van der Waals surface area contributed by atoms with Gasteiger partial charge in [0.1, 0.15) is 22.9 Å². The Kier molecular flexibility index (Phi) is 5.94. The minimum absolute atomic E-state index is 0.151. The van der Waals surface area contributed by atoms with E-state index in [1.165, 1.54) is 18.3 Å². The van der Waals surface area contributed by atoms with Crippen LogP contribution in [0.4, 0.5) is 15.8 Å². The van der Waals surface area contributed by atoms with Gasteiger partial charge in [0.25, 0.3) is 5.91 Å². The Morgan fingerprint density at radius 2 is 2.03 bits per heavy atom. The van der Waals surface area contributed by atoms with Crippen LogP contribution in [0.15, 0.2) is 42.6 Å². The number of benzene rings is 2. The molecule has 3 heterocycles. The lowest BCUT2D eigenvalue weighted by atomic mass is 10.1. The summed E-state index contributed by atoms with van der Waals surface area (Å²) in [5, 5.41) is 3.02. The van der Waals surface area contributed by atoms with Crippen LogP contribution in [-0.2, 0) is 7.05 Å². The summed E-state index contributed by atoms with van der Waals surface area (Å²) in [5.74, 6) is 0.225. The number of carbonyl (C=O) groups is 1. The molecule has 1 fully saturated rings. The number of aromatic nitrogens is 4. The molecule has 1 atom stereocenters. The van der Waals surface area contributed by atoms with Crippen LogP contribution >= 0.6 is 0 Å². The lowest BCUT2D eigenvalue weighted by molar-refractivity contribution is 0.102. The van der Waals surface area contributed by atoms with Crippen molar-refractivity contribution in [3.63, 3.8) is 0 Å². The standard InChI is InChI=1S/C26H28FN7O/c1-15-6-4-8-18(27)22(15)25-29-12-11-20(31-25)26(35)32-19-9-10-21-23(30-16(2)33(21)3)24(19)34-13-5-7-17(34)14-28/h4,6,8-12,17H,5,7,13-14,28H2,1-3H3,(H,32,35)/t17-/m0/s1. The maximum atomic E-state index is 14.5. The molecule has 0 bridgehead atoms. The molecular weight excluding hydrogens is 445 g/mol. The number of fused-ring (bicyclic) bond motifs is 1. The zero-order chi connectivity index (χ0) is 24.7. The number of nitrogens with two attached hydrogens (primary N) is 1. The van der Waals surface area contributed by atoms with E-state index in [0.717, 1.165) is 41.9 Å². The van der Waals surface area contributed by atoms with Gasteiger partial charge >= 0.3 is 0 Å². The number of rotatable bonds is 5. The third-order valence-corrected chi connectivity index (χ3v) is 6.77. The van der Waals surface area contributed by atoms with E-state index in [-0.39, 0.29) is 23.1 Å². The van der Waals surface area contributed by atoms with Crippen molar-refractivity contribution in [3.05, 3.63) is 65.5 Å². The molecule has 0 aliphatic carbocycles. The highest BCUT2D eigenvalue weighted by Gasteiger charge is 2.29. The molecule has 3 N–H and O–H groups in total. The number of hydrogen-bond acceptors (Lipinski definition) is 6. The first kappa shape index (κ1) is 22.9. The minimum Gasteiger partial charge on any atom is -0.364 e. The highest BCUT2D eigenvalue weighted by Crippen LogP contribution is 2.38. The second-order valence-electron chi connectivity index (χ2n) is 8.92. The van der Waals surface area contributed by atoms with Gasteiger partial charge in [-0.15, -0.1) is 0 Å². The molecule has 8 nitrogen and oxygen atoms in total. The first-order valence-electron chi connectivity index (χ1n) is 11.7. The summed E-state index contributed by atoms with van der Waals surface area (Å²) < 4.78 is 16.5. The van der Waals surface area contributed by atoms with Crippen LogP contribution in [-0.4, -0.2) is 44.6 Å². The van der Waals surface area contributed by atoms with E-state index in [1.807, 2.05) is 30.7 Å². The topological polar surface area (TPSA) is 102 Å². The van der Waals surface area contributed by atoms with Crippen molar-refractivity contribution >= 4 is 28.3 Å². The van der Waals surface area contributed by atoms with Crippen LogP contribution in [0, 0.1) is 19.7 Å². The van der Waals surface area contributed by atoms with Crippen LogP contribution in [0.2, 0.25) is 0 Å². The molecule has 1 aliphatic rings. The summed E-state index contributed by atoms with van der Waals surface area (Å²) in [5.41, 5.74) is 10.5. The van der Waals surface area contributed by atoms with E-state index in [0.29, 0.717) is 17.8 Å². The molecule has 35 heavy (non-hydrogen) atoms. The molecule has 4 aromatic rings. The van der Waals surface area contributed by atoms with Crippen molar-refractivity contribution in [3.8, 4) is 11.4 Å².